The maximum Gasteiger partial charge on any atom is 0.408 e. The van der Waals surface area contributed by atoms with Crippen molar-refractivity contribution in [1.82, 2.24) is 25.9 Å². The van der Waals surface area contributed by atoms with Gasteiger partial charge in [0.2, 0.25) is 11.8 Å². The Labute approximate surface area is 272 Å². The molecule has 0 saturated heterocycles. The van der Waals surface area contributed by atoms with Crippen molar-refractivity contribution in [2.24, 2.45) is 5.92 Å². The first kappa shape index (κ1) is 34.6. The molecule has 1 aromatic heterocycles. The van der Waals surface area contributed by atoms with Gasteiger partial charge in [0.15, 0.2) is 0 Å². The average molecular weight is 644 g/mol. The van der Waals surface area contributed by atoms with Gasteiger partial charge in [-0.25, -0.2) is 9.78 Å². The van der Waals surface area contributed by atoms with Crippen molar-refractivity contribution in [3.05, 3.63) is 102 Å². The van der Waals surface area contributed by atoms with Gasteiger partial charge >= 0.3 is 12.1 Å². The summed E-state index contributed by atoms with van der Waals surface area (Å²) in [6.45, 7) is 3.65. The average Bonchev–Trinajstić information content (AvgIpc) is 3.58. The van der Waals surface area contributed by atoms with Gasteiger partial charge in [0.05, 0.1) is 30.6 Å². The van der Waals surface area contributed by atoms with Crippen molar-refractivity contribution < 1.29 is 34.1 Å². The standard InChI is InChI=1S/C35H41N5O7/c1-3-22(2)32(30(41)18-31(42)43)40-34(45)29(17-26-19-36-21-37-26)38-33(44)28(39-35(46)47-20-23-10-5-4-6-11-23)16-25-14-9-13-24-12-7-8-15-27(24)25/h4-15,19,21-22,28-30,32,41H,3,16-18,20H2,1-2H3,(H,36,37)(H,38,44)(H,39,46)(H,40,45)(H,42,43)/t22?,28-,29-,30?,32?/m0/s1. The number of H-pyrrole nitrogens is 1. The van der Waals surface area contributed by atoms with Crippen molar-refractivity contribution in [3.63, 3.8) is 0 Å². The van der Waals surface area contributed by atoms with E-state index in [-0.39, 0.29) is 25.4 Å². The number of alkyl carbamates (subject to hydrolysis) is 1. The van der Waals surface area contributed by atoms with E-state index >= 15 is 0 Å². The van der Waals surface area contributed by atoms with Crippen LogP contribution >= 0.6 is 0 Å². The minimum atomic E-state index is -1.35. The molecule has 0 aliphatic heterocycles. The summed E-state index contributed by atoms with van der Waals surface area (Å²) < 4.78 is 5.42. The Morgan fingerprint density at radius 2 is 1.55 bits per heavy atom. The number of hydrogen-bond donors (Lipinski definition) is 6. The number of hydrogen-bond acceptors (Lipinski definition) is 7. The molecule has 4 aromatic rings. The number of carbonyl (C=O) groups excluding carboxylic acids is 3. The first-order chi connectivity index (χ1) is 22.6. The number of carbonyl (C=O) groups is 4. The maximum atomic E-state index is 14.0. The molecule has 3 unspecified atom stereocenters. The molecule has 3 aromatic carbocycles. The van der Waals surface area contributed by atoms with E-state index in [2.05, 4.69) is 25.9 Å². The van der Waals surface area contributed by atoms with Gasteiger partial charge in [-0.15, -0.1) is 0 Å². The number of aromatic amines is 1. The summed E-state index contributed by atoms with van der Waals surface area (Å²) in [6, 6.07) is 19.3. The maximum absolute atomic E-state index is 14.0. The highest BCUT2D eigenvalue weighted by atomic mass is 16.5. The Kier molecular flexibility index (Phi) is 12.5. The summed E-state index contributed by atoms with van der Waals surface area (Å²) in [5.41, 5.74) is 2.06. The van der Waals surface area contributed by atoms with Gasteiger partial charge in [0, 0.05) is 19.0 Å². The molecule has 3 amide bonds. The zero-order valence-electron chi connectivity index (χ0n) is 26.4. The van der Waals surface area contributed by atoms with Crippen LogP contribution in [-0.2, 0) is 38.6 Å². The van der Waals surface area contributed by atoms with E-state index in [4.69, 9.17) is 4.74 Å². The third-order valence-corrected chi connectivity index (χ3v) is 8.09. The van der Waals surface area contributed by atoms with Crippen molar-refractivity contribution in [1.29, 1.82) is 0 Å². The number of aliphatic carboxylic acids is 1. The molecule has 1 heterocycles. The second-order valence-corrected chi connectivity index (χ2v) is 11.5. The van der Waals surface area contributed by atoms with Crippen LogP contribution in [0.4, 0.5) is 4.79 Å². The normalized spacial score (nSPS) is 14.3. The van der Waals surface area contributed by atoms with Gasteiger partial charge in [-0.2, -0.15) is 0 Å². The van der Waals surface area contributed by atoms with Crippen LogP contribution in [0.25, 0.3) is 10.8 Å². The number of rotatable bonds is 16. The van der Waals surface area contributed by atoms with Gasteiger partial charge < -0.3 is 35.9 Å². The van der Waals surface area contributed by atoms with Crippen molar-refractivity contribution in [2.75, 3.05) is 0 Å². The van der Waals surface area contributed by atoms with Gasteiger partial charge in [-0.3, -0.25) is 14.4 Å². The molecule has 5 atom stereocenters. The topological polar surface area (TPSA) is 183 Å². The number of nitrogens with one attached hydrogen (secondary N) is 4. The number of carboxylic acid groups (broad SMARTS) is 1. The highest BCUT2D eigenvalue weighted by molar-refractivity contribution is 5.93. The fourth-order valence-corrected chi connectivity index (χ4v) is 5.34. The third kappa shape index (κ3) is 10.1. The number of aliphatic hydroxyl groups is 1. The monoisotopic (exact) mass is 643 g/mol. The third-order valence-electron chi connectivity index (χ3n) is 8.09. The molecule has 0 spiro atoms. The molecule has 12 heteroatoms. The van der Waals surface area contributed by atoms with Crippen LogP contribution in [0.5, 0.6) is 0 Å². The number of fused-ring (bicyclic) bond motifs is 1. The molecule has 0 saturated carbocycles. The smallest absolute Gasteiger partial charge is 0.408 e. The lowest BCUT2D eigenvalue weighted by Gasteiger charge is -2.30. The minimum absolute atomic E-state index is 0.00482. The van der Waals surface area contributed by atoms with E-state index in [1.165, 1.54) is 6.33 Å². The Morgan fingerprint density at radius 1 is 0.872 bits per heavy atom. The number of aliphatic hydroxyl groups excluding tert-OH is 1. The van der Waals surface area contributed by atoms with Crippen LogP contribution in [0.15, 0.2) is 85.3 Å². The fraction of sp³-hybridized carbons (Fsp3) is 0.343. The Hall–Kier alpha value is -5.23. The molecule has 0 aliphatic rings. The summed E-state index contributed by atoms with van der Waals surface area (Å²) in [5.74, 6) is -2.75. The summed E-state index contributed by atoms with van der Waals surface area (Å²) in [7, 11) is 0. The predicted molar refractivity (Wildman–Crippen MR) is 175 cm³/mol. The Bertz CT molecular complexity index is 1620. The second kappa shape index (κ2) is 16.9. The number of benzene rings is 3. The highest BCUT2D eigenvalue weighted by Gasteiger charge is 2.33. The molecule has 0 radical (unpaired) electrons. The van der Waals surface area contributed by atoms with Gasteiger partial charge in [0.1, 0.15) is 18.7 Å². The molecule has 0 fully saturated rings. The summed E-state index contributed by atoms with van der Waals surface area (Å²) in [5, 5.41) is 30.0. The second-order valence-electron chi connectivity index (χ2n) is 11.5. The lowest BCUT2D eigenvalue weighted by molar-refractivity contribution is -0.140. The molecule has 12 nitrogen and oxygen atoms in total. The summed E-state index contributed by atoms with van der Waals surface area (Å²) in [4.78, 5) is 59.1. The SMILES string of the molecule is CCC(C)C(NC(=O)[C@H](Cc1c[nH]cn1)NC(=O)[C@H](Cc1cccc2ccccc12)NC(=O)OCc1ccccc1)C(O)CC(=O)O. The fourth-order valence-electron chi connectivity index (χ4n) is 5.34. The van der Waals surface area contributed by atoms with E-state index < -0.39 is 54.5 Å². The van der Waals surface area contributed by atoms with E-state index in [0.29, 0.717) is 12.1 Å². The molecule has 0 bridgehead atoms. The van der Waals surface area contributed by atoms with E-state index in [0.717, 1.165) is 21.9 Å². The summed E-state index contributed by atoms with van der Waals surface area (Å²) in [6.07, 6.45) is 0.945. The lowest BCUT2D eigenvalue weighted by atomic mass is 9.92. The van der Waals surface area contributed by atoms with Gasteiger partial charge in [-0.05, 0) is 27.8 Å². The van der Waals surface area contributed by atoms with Crippen molar-refractivity contribution >= 4 is 34.6 Å². The molecule has 248 valence electrons. The van der Waals surface area contributed by atoms with Crippen LogP contribution in [0.1, 0.15) is 43.5 Å². The molecular weight excluding hydrogens is 602 g/mol. The molecule has 47 heavy (non-hydrogen) atoms. The number of amides is 3. The lowest BCUT2D eigenvalue weighted by Crippen LogP contribution is -2.58. The van der Waals surface area contributed by atoms with Crippen LogP contribution in [0.3, 0.4) is 0 Å². The zero-order chi connectivity index (χ0) is 33.8. The first-order valence-corrected chi connectivity index (χ1v) is 15.6. The number of imidazole rings is 1. The predicted octanol–water partition coefficient (Wildman–Crippen LogP) is 3.49. The van der Waals surface area contributed by atoms with E-state index in [1.807, 2.05) is 79.7 Å². The van der Waals surface area contributed by atoms with Gasteiger partial charge in [-0.1, -0.05) is 93.1 Å². The zero-order valence-corrected chi connectivity index (χ0v) is 26.4. The van der Waals surface area contributed by atoms with Crippen LogP contribution in [-0.4, -0.2) is 68.3 Å². The Morgan fingerprint density at radius 3 is 2.26 bits per heavy atom. The summed E-state index contributed by atoms with van der Waals surface area (Å²) >= 11 is 0. The van der Waals surface area contributed by atoms with Crippen LogP contribution in [0, 0.1) is 5.92 Å². The first-order valence-electron chi connectivity index (χ1n) is 15.6. The van der Waals surface area contributed by atoms with Crippen molar-refractivity contribution in [2.45, 2.75) is 70.4 Å². The Balaban J connectivity index is 1.58. The van der Waals surface area contributed by atoms with Gasteiger partial charge in [0.25, 0.3) is 0 Å². The van der Waals surface area contributed by atoms with E-state index in [1.54, 1.807) is 13.1 Å². The van der Waals surface area contributed by atoms with Crippen molar-refractivity contribution in [3.8, 4) is 0 Å². The highest BCUT2D eigenvalue weighted by Crippen LogP contribution is 2.20. The molecular formula is C35H41N5O7. The largest absolute Gasteiger partial charge is 0.481 e. The quantitative estimate of drug-likeness (QED) is 0.107. The number of nitrogens with zero attached hydrogens (tertiary/aromatic N) is 1. The number of aromatic nitrogens is 2. The number of carboxylic acids is 1. The molecule has 4 rings (SSSR count). The van der Waals surface area contributed by atoms with Crippen LogP contribution < -0.4 is 16.0 Å². The number of ether oxygens (including phenoxy) is 1. The van der Waals surface area contributed by atoms with Crippen LogP contribution in [0.2, 0.25) is 0 Å². The molecule has 6 N–H and O–H groups in total. The molecule has 0 aliphatic carbocycles. The van der Waals surface area contributed by atoms with E-state index in [9.17, 15) is 29.4 Å². The minimum Gasteiger partial charge on any atom is -0.481 e.